The Hall–Kier alpha value is -2.08. The summed E-state index contributed by atoms with van der Waals surface area (Å²) in [6.07, 6.45) is 7.97. The van der Waals surface area contributed by atoms with Crippen molar-refractivity contribution in [2.24, 2.45) is 0 Å². The Bertz CT molecular complexity index is 786. The molecule has 0 N–H and O–H groups in total. The van der Waals surface area contributed by atoms with Gasteiger partial charge in [-0.2, -0.15) is 5.06 Å². The second kappa shape index (κ2) is 6.09. The molecule has 2 atom stereocenters. The molecule has 0 radical (unpaired) electrons. The summed E-state index contributed by atoms with van der Waals surface area (Å²) in [6.45, 7) is 0.696. The van der Waals surface area contributed by atoms with Gasteiger partial charge in [-0.15, -0.1) is 0 Å². The van der Waals surface area contributed by atoms with Crippen LogP contribution in [-0.4, -0.2) is 21.7 Å². The lowest BCUT2D eigenvalue weighted by Gasteiger charge is -2.32. The van der Waals surface area contributed by atoms with E-state index in [1.54, 1.807) is 12.5 Å². The van der Waals surface area contributed by atoms with E-state index in [0.29, 0.717) is 6.54 Å². The molecule has 0 aliphatic carbocycles. The smallest absolute Gasteiger partial charge is 0.128 e. The van der Waals surface area contributed by atoms with E-state index in [9.17, 15) is 0 Å². The van der Waals surface area contributed by atoms with Crippen molar-refractivity contribution in [1.82, 2.24) is 14.6 Å². The Balaban J connectivity index is 1.69. The second-order valence-corrected chi connectivity index (χ2v) is 6.53. The molecule has 124 valence electrons. The van der Waals surface area contributed by atoms with Gasteiger partial charge in [0.1, 0.15) is 17.4 Å². The van der Waals surface area contributed by atoms with Gasteiger partial charge < -0.3 is 8.98 Å². The predicted octanol–water partition coefficient (Wildman–Crippen LogP) is 4.03. The van der Waals surface area contributed by atoms with Crippen LogP contribution in [-0.2, 0) is 16.9 Å². The average molecular weight is 344 g/mol. The summed E-state index contributed by atoms with van der Waals surface area (Å²) in [5.41, 5.74) is 0.708. The quantitative estimate of drug-likeness (QED) is 0.717. The molecule has 1 aromatic carbocycles. The molecule has 3 aromatic rings. The summed E-state index contributed by atoms with van der Waals surface area (Å²) in [5.74, 6) is 0.884. The zero-order valence-electron chi connectivity index (χ0n) is 13.3. The van der Waals surface area contributed by atoms with E-state index in [2.05, 4.69) is 4.98 Å². The monoisotopic (exact) mass is 343 g/mol. The van der Waals surface area contributed by atoms with Crippen LogP contribution in [0.15, 0.2) is 65.8 Å². The highest BCUT2D eigenvalue weighted by atomic mass is 35.5. The first-order valence-corrected chi connectivity index (χ1v) is 8.21. The molecule has 4 rings (SSSR count). The SMILES string of the molecule is CN1O[C@H](c2ccc(Cl)cc2)CC1(Cn1ccnc1)c1ccco1. The van der Waals surface area contributed by atoms with E-state index in [4.69, 9.17) is 20.9 Å². The maximum Gasteiger partial charge on any atom is 0.128 e. The second-order valence-electron chi connectivity index (χ2n) is 6.09. The van der Waals surface area contributed by atoms with E-state index in [-0.39, 0.29) is 6.10 Å². The van der Waals surface area contributed by atoms with Crippen LogP contribution in [0.3, 0.4) is 0 Å². The first-order chi connectivity index (χ1) is 11.7. The lowest BCUT2D eigenvalue weighted by Crippen LogP contribution is -2.41. The fraction of sp³-hybridized carbons (Fsp3) is 0.278. The van der Waals surface area contributed by atoms with Crippen molar-refractivity contribution < 1.29 is 9.25 Å². The summed E-state index contributed by atoms with van der Waals surface area (Å²) in [5, 5.41) is 2.63. The van der Waals surface area contributed by atoms with Gasteiger partial charge in [0.05, 0.1) is 19.1 Å². The molecule has 1 aliphatic heterocycles. The summed E-state index contributed by atoms with van der Waals surface area (Å²) in [7, 11) is 1.95. The molecule has 0 bridgehead atoms. The van der Waals surface area contributed by atoms with Crippen molar-refractivity contribution in [3.63, 3.8) is 0 Å². The van der Waals surface area contributed by atoms with Crippen LogP contribution in [0.5, 0.6) is 0 Å². The van der Waals surface area contributed by atoms with Crippen molar-refractivity contribution in [3.05, 3.63) is 77.7 Å². The topological polar surface area (TPSA) is 43.4 Å². The van der Waals surface area contributed by atoms with Crippen molar-refractivity contribution in [2.75, 3.05) is 7.05 Å². The molecular weight excluding hydrogens is 326 g/mol. The first kappa shape index (κ1) is 15.4. The summed E-state index contributed by atoms with van der Waals surface area (Å²) >= 11 is 6.00. The highest BCUT2D eigenvalue weighted by molar-refractivity contribution is 6.30. The molecule has 5 nitrogen and oxygen atoms in total. The van der Waals surface area contributed by atoms with Crippen LogP contribution in [0.4, 0.5) is 0 Å². The fourth-order valence-corrected chi connectivity index (χ4v) is 3.47. The maximum atomic E-state index is 6.17. The van der Waals surface area contributed by atoms with Crippen LogP contribution in [0.2, 0.25) is 5.02 Å². The molecule has 0 spiro atoms. The van der Waals surface area contributed by atoms with Gasteiger partial charge >= 0.3 is 0 Å². The minimum atomic E-state index is -0.394. The molecule has 2 aromatic heterocycles. The number of halogens is 1. The Morgan fingerprint density at radius 2 is 2.12 bits per heavy atom. The first-order valence-electron chi connectivity index (χ1n) is 7.83. The molecule has 0 saturated carbocycles. The van der Waals surface area contributed by atoms with E-state index in [1.807, 2.05) is 65.6 Å². The molecule has 24 heavy (non-hydrogen) atoms. The zero-order valence-corrected chi connectivity index (χ0v) is 14.1. The number of furan rings is 1. The van der Waals surface area contributed by atoms with Gasteiger partial charge in [-0.1, -0.05) is 23.7 Å². The lowest BCUT2D eigenvalue weighted by atomic mass is 9.88. The number of hydrogen-bond acceptors (Lipinski definition) is 4. The molecular formula is C18H18ClN3O2. The van der Waals surface area contributed by atoms with Crippen LogP contribution < -0.4 is 0 Å². The average Bonchev–Trinajstić information content (AvgIpc) is 3.31. The van der Waals surface area contributed by atoms with Gasteiger partial charge in [0.25, 0.3) is 0 Å². The Morgan fingerprint density at radius 3 is 2.79 bits per heavy atom. The van der Waals surface area contributed by atoms with Gasteiger partial charge in [-0.05, 0) is 29.8 Å². The molecule has 0 amide bonds. The summed E-state index contributed by atoms with van der Waals surface area (Å²) in [4.78, 5) is 10.3. The van der Waals surface area contributed by atoms with Crippen LogP contribution in [0.1, 0.15) is 23.8 Å². The van der Waals surface area contributed by atoms with E-state index < -0.39 is 5.54 Å². The third-order valence-corrected chi connectivity index (χ3v) is 4.89. The fourth-order valence-electron chi connectivity index (χ4n) is 3.34. The molecule has 6 heteroatoms. The minimum absolute atomic E-state index is 0.0547. The molecule has 1 fully saturated rings. The minimum Gasteiger partial charge on any atom is -0.467 e. The number of aromatic nitrogens is 2. The summed E-state index contributed by atoms with van der Waals surface area (Å²) < 4.78 is 7.82. The Morgan fingerprint density at radius 1 is 1.29 bits per heavy atom. The normalized spacial score (nSPS) is 24.5. The zero-order chi connectivity index (χ0) is 16.6. The van der Waals surface area contributed by atoms with E-state index in [1.165, 1.54) is 0 Å². The lowest BCUT2D eigenvalue weighted by molar-refractivity contribution is -0.180. The van der Waals surface area contributed by atoms with Gasteiger partial charge in [0, 0.05) is 30.9 Å². The Kier molecular flexibility index (Phi) is 3.92. The predicted molar refractivity (Wildman–Crippen MR) is 90.3 cm³/mol. The highest BCUT2D eigenvalue weighted by Gasteiger charge is 2.49. The number of likely N-dealkylation sites (N-methyl/N-ethyl adjacent to an activating group) is 1. The maximum absolute atomic E-state index is 6.17. The largest absolute Gasteiger partial charge is 0.467 e. The molecule has 1 saturated heterocycles. The number of hydrogen-bond donors (Lipinski definition) is 0. The van der Waals surface area contributed by atoms with Gasteiger partial charge in [-0.3, -0.25) is 4.84 Å². The van der Waals surface area contributed by atoms with E-state index in [0.717, 1.165) is 22.8 Å². The third-order valence-electron chi connectivity index (χ3n) is 4.64. The number of nitrogens with zero attached hydrogens (tertiary/aromatic N) is 3. The number of hydroxylamine groups is 2. The van der Waals surface area contributed by atoms with Gasteiger partial charge in [-0.25, -0.2) is 4.98 Å². The van der Waals surface area contributed by atoms with Crippen molar-refractivity contribution in [1.29, 1.82) is 0 Å². The van der Waals surface area contributed by atoms with E-state index >= 15 is 0 Å². The number of rotatable bonds is 4. The van der Waals surface area contributed by atoms with Gasteiger partial charge in [0.15, 0.2) is 0 Å². The molecule has 1 aliphatic rings. The number of imidazole rings is 1. The number of benzene rings is 1. The van der Waals surface area contributed by atoms with Crippen molar-refractivity contribution in [2.45, 2.75) is 24.6 Å². The van der Waals surface area contributed by atoms with Crippen LogP contribution >= 0.6 is 11.6 Å². The van der Waals surface area contributed by atoms with Crippen LogP contribution in [0, 0.1) is 0 Å². The van der Waals surface area contributed by atoms with Crippen molar-refractivity contribution >= 4 is 11.6 Å². The molecule has 3 heterocycles. The Labute approximate surface area is 145 Å². The summed E-state index contributed by atoms with van der Waals surface area (Å²) in [6, 6.07) is 11.7. The molecule has 1 unspecified atom stereocenters. The van der Waals surface area contributed by atoms with Crippen molar-refractivity contribution in [3.8, 4) is 0 Å². The van der Waals surface area contributed by atoms with Gasteiger partial charge in [0.2, 0.25) is 0 Å². The highest BCUT2D eigenvalue weighted by Crippen LogP contribution is 2.47. The van der Waals surface area contributed by atoms with Crippen LogP contribution in [0.25, 0.3) is 0 Å². The third kappa shape index (κ3) is 2.65. The standard InChI is InChI=1S/C18H18ClN3O2/c1-21-18(17-3-2-10-23-17,12-22-9-8-20-13-22)11-16(24-21)14-4-6-15(19)7-5-14/h2-10,13,16H,11-12H2,1H3/t16-,18?/m0/s1.